The van der Waals surface area contributed by atoms with Crippen molar-refractivity contribution in [2.24, 2.45) is 0 Å². The molecule has 0 radical (unpaired) electrons. The molecule has 0 aromatic heterocycles. The summed E-state index contributed by atoms with van der Waals surface area (Å²) in [4.78, 5) is 11.8. The first-order chi connectivity index (χ1) is 10.7. The molecular weight excluding hydrogens is 299 g/mol. The molecule has 1 fully saturated rings. The minimum atomic E-state index is -0.679. The Morgan fingerprint density at radius 1 is 1.39 bits per heavy atom. The van der Waals surface area contributed by atoms with E-state index in [0.29, 0.717) is 12.6 Å². The van der Waals surface area contributed by atoms with Gasteiger partial charge in [0.2, 0.25) is 0 Å². The molecule has 2 N–H and O–H groups in total. The second kappa shape index (κ2) is 7.17. The molecular formula is C17H25FN2O3. The van der Waals surface area contributed by atoms with Gasteiger partial charge in [-0.25, -0.2) is 9.18 Å². The molecule has 5 nitrogen and oxygen atoms in total. The third-order valence-corrected chi connectivity index (χ3v) is 3.46. The Kier molecular flexibility index (Phi) is 5.46. The van der Waals surface area contributed by atoms with Gasteiger partial charge in [-0.3, -0.25) is 5.32 Å². The largest absolute Gasteiger partial charge is 0.444 e. The standard InChI is InChI=1S/C17H25FN2O3/c1-11-5-7-13(22-11)10-19-12-6-8-14(18)15(9-12)20-16(21)23-17(2,3)4/h6,8-9,11,13,19H,5,7,10H2,1-4H3,(H,20,21). The fourth-order valence-electron chi connectivity index (χ4n) is 2.41. The van der Waals surface area contributed by atoms with Gasteiger partial charge in [-0.2, -0.15) is 0 Å². The molecule has 1 aliphatic heterocycles. The summed E-state index contributed by atoms with van der Waals surface area (Å²) in [6.07, 6.45) is 1.85. The average molecular weight is 324 g/mol. The maximum atomic E-state index is 13.8. The zero-order valence-electron chi connectivity index (χ0n) is 14.1. The number of carbonyl (C=O) groups excluding carboxylic acids is 1. The highest BCUT2D eigenvalue weighted by atomic mass is 19.1. The quantitative estimate of drug-likeness (QED) is 0.873. The Bertz CT molecular complexity index is 557. The summed E-state index contributed by atoms with van der Waals surface area (Å²) in [6, 6.07) is 4.50. The lowest BCUT2D eigenvalue weighted by atomic mass is 10.2. The summed E-state index contributed by atoms with van der Waals surface area (Å²) in [5, 5.41) is 5.65. The van der Waals surface area contributed by atoms with Crippen LogP contribution < -0.4 is 10.6 Å². The monoisotopic (exact) mass is 324 g/mol. The Balaban J connectivity index is 1.94. The third-order valence-electron chi connectivity index (χ3n) is 3.46. The molecule has 1 saturated heterocycles. The Labute approximate surface area is 136 Å². The first-order valence-corrected chi connectivity index (χ1v) is 7.92. The summed E-state index contributed by atoms with van der Waals surface area (Å²) in [7, 11) is 0. The lowest BCUT2D eigenvalue weighted by molar-refractivity contribution is 0.0630. The summed E-state index contributed by atoms with van der Waals surface area (Å²) in [5.74, 6) is -0.507. The smallest absolute Gasteiger partial charge is 0.412 e. The Morgan fingerprint density at radius 3 is 2.74 bits per heavy atom. The van der Waals surface area contributed by atoms with Crippen molar-refractivity contribution in [3.8, 4) is 0 Å². The maximum Gasteiger partial charge on any atom is 0.412 e. The summed E-state index contributed by atoms with van der Waals surface area (Å²) >= 11 is 0. The molecule has 0 saturated carbocycles. The Morgan fingerprint density at radius 2 is 2.13 bits per heavy atom. The minimum Gasteiger partial charge on any atom is -0.444 e. The normalized spacial score (nSPS) is 21.1. The fourth-order valence-corrected chi connectivity index (χ4v) is 2.41. The maximum absolute atomic E-state index is 13.8. The SMILES string of the molecule is CC1CCC(CNc2ccc(F)c(NC(=O)OC(C)(C)C)c2)O1. The van der Waals surface area contributed by atoms with Crippen LogP contribution >= 0.6 is 0 Å². The second-order valence-electron chi connectivity index (χ2n) is 6.85. The van der Waals surface area contributed by atoms with E-state index >= 15 is 0 Å². The highest BCUT2D eigenvalue weighted by Gasteiger charge is 2.21. The van der Waals surface area contributed by atoms with E-state index in [1.807, 2.05) is 0 Å². The first-order valence-electron chi connectivity index (χ1n) is 7.92. The number of carbonyl (C=O) groups is 1. The molecule has 6 heteroatoms. The lowest BCUT2D eigenvalue weighted by Crippen LogP contribution is -2.27. The van der Waals surface area contributed by atoms with Gasteiger partial charge in [-0.15, -0.1) is 0 Å². The van der Waals surface area contributed by atoms with Crippen LogP contribution in [0.1, 0.15) is 40.5 Å². The summed E-state index contributed by atoms with van der Waals surface area (Å²) in [5.41, 5.74) is 0.179. The summed E-state index contributed by atoms with van der Waals surface area (Å²) in [6.45, 7) is 7.97. The van der Waals surface area contributed by atoms with Crippen molar-refractivity contribution < 1.29 is 18.7 Å². The van der Waals surface area contributed by atoms with Gasteiger partial charge in [0, 0.05) is 12.2 Å². The van der Waals surface area contributed by atoms with E-state index < -0.39 is 17.5 Å². The van der Waals surface area contributed by atoms with Gasteiger partial charge in [-0.05, 0) is 58.7 Å². The second-order valence-corrected chi connectivity index (χ2v) is 6.85. The van der Waals surface area contributed by atoms with Gasteiger partial charge in [-0.1, -0.05) is 0 Å². The number of hydrogen-bond donors (Lipinski definition) is 2. The number of hydrogen-bond acceptors (Lipinski definition) is 4. The van der Waals surface area contributed by atoms with E-state index in [-0.39, 0.29) is 11.8 Å². The zero-order valence-corrected chi connectivity index (χ0v) is 14.1. The van der Waals surface area contributed by atoms with Gasteiger partial charge in [0.15, 0.2) is 0 Å². The van der Waals surface area contributed by atoms with Crippen LogP contribution in [0.5, 0.6) is 0 Å². The van der Waals surface area contributed by atoms with Crippen molar-refractivity contribution in [1.29, 1.82) is 0 Å². The number of anilines is 2. The molecule has 128 valence electrons. The molecule has 1 amide bonds. The van der Waals surface area contributed by atoms with E-state index in [2.05, 4.69) is 17.6 Å². The number of benzene rings is 1. The van der Waals surface area contributed by atoms with Crippen molar-refractivity contribution in [2.75, 3.05) is 17.2 Å². The Hall–Kier alpha value is -1.82. The van der Waals surface area contributed by atoms with Crippen molar-refractivity contribution in [1.82, 2.24) is 0 Å². The topological polar surface area (TPSA) is 59.6 Å². The van der Waals surface area contributed by atoms with E-state index in [9.17, 15) is 9.18 Å². The van der Waals surface area contributed by atoms with Crippen LogP contribution in [0.4, 0.5) is 20.6 Å². The number of rotatable bonds is 4. The van der Waals surface area contributed by atoms with E-state index in [1.165, 1.54) is 6.07 Å². The predicted molar refractivity (Wildman–Crippen MR) is 88.3 cm³/mol. The molecule has 0 bridgehead atoms. The van der Waals surface area contributed by atoms with Crippen molar-refractivity contribution in [3.63, 3.8) is 0 Å². The van der Waals surface area contributed by atoms with Crippen molar-refractivity contribution in [3.05, 3.63) is 24.0 Å². The van der Waals surface area contributed by atoms with Crippen LogP contribution in [-0.2, 0) is 9.47 Å². The molecule has 1 aromatic carbocycles. The number of nitrogens with one attached hydrogen (secondary N) is 2. The van der Waals surface area contributed by atoms with Crippen LogP contribution in [0, 0.1) is 5.82 Å². The van der Waals surface area contributed by atoms with E-state index in [1.54, 1.807) is 32.9 Å². The third kappa shape index (κ3) is 5.71. The van der Waals surface area contributed by atoms with Crippen LogP contribution in [0.15, 0.2) is 18.2 Å². The van der Waals surface area contributed by atoms with Gasteiger partial charge >= 0.3 is 6.09 Å². The molecule has 0 aliphatic carbocycles. The predicted octanol–water partition coefficient (Wildman–Crippen LogP) is 4.15. The lowest BCUT2D eigenvalue weighted by Gasteiger charge is -2.20. The van der Waals surface area contributed by atoms with Gasteiger partial charge in [0.25, 0.3) is 0 Å². The molecule has 1 heterocycles. The number of halogens is 1. The van der Waals surface area contributed by atoms with Crippen molar-refractivity contribution >= 4 is 17.5 Å². The van der Waals surface area contributed by atoms with Crippen LogP contribution in [0.2, 0.25) is 0 Å². The average Bonchev–Trinajstić information content (AvgIpc) is 2.83. The molecule has 2 atom stereocenters. The van der Waals surface area contributed by atoms with Crippen LogP contribution in [0.25, 0.3) is 0 Å². The molecule has 2 unspecified atom stereocenters. The molecule has 2 rings (SSSR count). The minimum absolute atomic E-state index is 0.0879. The molecule has 0 spiro atoms. The van der Waals surface area contributed by atoms with Gasteiger partial charge in [0.05, 0.1) is 17.9 Å². The number of ether oxygens (including phenoxy) is 2. The van der Waals surface area contributed by atoms with Crippen LogP contribution in [-0.4, -0.2) is 30.4 Å². The van der Waals surface area contributed by atoms with Gasteiger partial charge < -0.3 is 14.8 Å². The van der Waals surface area contributed by atoms with Crippen molar-refractivity contribution in [2.45, 2.75) is 58.3 Å². The number of amides is 1. The highest BCUT2D eigenvalue weighted by Crippen LogP contribution is 2.23. The highest BCUT2D eigenvalue weighted by molar-refractivity contribution is 5.85. The fraction of sp³-hybridized carbons (Fsp3) is 0.588. The van der Waals surface area contributed by atoms with Crippen LogP contribution in [0.3, 0.4) is 0 Å². The first kappa shape index (κ1) is 17.5. The summed E-state index contributed by atoms with van der Waals surface area (Å²) < 4.78 is 24.7. The molecule has 1 aromatic rings. The zero-order chi connectivity index (χ0) is 17.0. The van der Waals surface area contributed by atoms with E-state index in [4.69, 9.17) is 9.47 Å². The molecule has 1 aliphatic rings. The molecule has 23 heavy (non-hydrogen) atoms. The van der Waals surface area contributed by atoms with Gasteiger partial charge in [0.1, 0.15) is 11.4 Å². The van der Waals surface area contributed by atoms with E-state index in [0.717, 1.165) is 18.5 Å².